The molecule has 10 unspecified atom stereocenters. The van der Waals surface area contributed by atoms with Gasteiger partial charge in [-0.3, -0.25) is 0 Å². The molecular weight excluding hydrogens is 1070 g/mol. The van der Waals surface area contributed by atoms with Crippen LogP contribution in [0.1, 0.15) is 65.2 Å². The molecule has 0 saturated carbocycles. The van der Waals surface area contributed by atoms with Crippen molar-refractivity contribution in [3.05, 3.63) is 25.3 Å². The molecule has 2 radical (unpaired) electrons. The summed E-state index contributed by atoms with van der Waals surface area (Å²) in [6.45, 7) is 25.4. The Morgan fingerprint density at radius 1 is 0.552 bits per heavy atom. The van der Waals surface area contributed by atoms with Gasteiger partial charge in [0.05, 0.1) is 0 Å². The fourth-order valence-corrected chi connectivity index (χ4v) is 47.0. The van der Waals surface area contributed by atoms with Gasteiger partial charge >= 0.3 is 35.2 Å². The molecule has 10 atom stereocenters. The van der Waals surface area contributed by atoms with Gasteiger partial charge in [-0.05, 0) is 65.2 Å². The van der Waals surface area contributed by atoms with Crippen LogP contribution in [0.25, 0.3) is 11.5 Å². The molecule has 0 bridgehead atoms. The van der Waals surface area contributed by atoms with Gasteiger partial charge in [-0.1, -0.05) is 39.5 Å². The molecule has 2 aliphatic rings. The van der Waals surface area contributed by atoms with Crippen LogP contribution in [-0.2, 0) is 108 Å². The summed E-state index contributed by atoms with van der Waals surface area (Å²) in [5, 5.41) is 0. The summed E-state index contributed by atoms with van der Waals surface area (Å²) < 4.78 is 60.9. The predicted octanol–water partition coefficient (Wildman–Crippen LogP) is 3.59. The quantitative estimate of drug-likeness (QED) is 0.107. The molecule has 2 rings (SSSR count). The normalized spacial score (nSPS) is 30.2. The van der Waals surface area contributed by atoms with Crippen LogP contribution in [0.5, 0.6) is 0 Å². The van der Waals surface area contributed by atoms with E-state index in [0.29, 0.717) is 51.1 Å². The average Bonchev–Trinajstić information content (AvgIpc) is 3.38. The maximum absolute atomic E-state index is 8.58. The van der Waals surface area contributed by atoms with Crippen LogP contribution in [0.3, 0.4) is 0 Å². The maximum atomic E-state index is 8.58. The van der Waals surface area contributed by atoms with Gasteiger partial charge in [-0.25, -0.2) is 0 Å². The fourth-order valence-electron chi connectivity index (χ4n) is 4.54. The van der Waals surface area contributed by atoms with Gasteiger partial charge in [0.2, 0.25) is 0 Å². The third-order valence-electron chi connectivity index (χ3n) is 8.75. The summed E-state index contributed by atoms with van der Waals surface area (Å²) in [7, 11) is -13.5. The number of rotatable bonds is 19. The van der Waals surface area contributed by atoms with Crippen LogP contribution in [-0.4, -0.2) is 151 Å². The summed E-state index contributed by atoms with van der Waals surface area (Å²) >= 11 is 0. The first kappa shape index (κ1) is 70.7. The second kappa shape index (κ2) is 42.1. The zero-order chi connectivity index (χ0) is 43.8. The van der Waals surface area contributed by atoms with Crippen LogP contribution >= 0.6 is 0 Å². The van der Waals surface area contributed by atoms with E-state index in [4.69, 9.17) is 74.9 Å². The largest absolute Gasteiger partial charge is 0.677 e. The molecule has 58 heavy (non-hydrogen) atoms. The zero-order valence-corrected chi connectivity index (χ0v) is 55.1. The van der Waals surface area contributed by atoms with E-state index in [1.54, 1.807) is 41.5 Å². The van der Waals surface area contributed by atoms with Crippen molar-refractivity contribution in [3.8, 4) is 0 Å². The minimum Gasteiger partial charge on any atom is -0.677 e. The standard InChI is InChI=1S/C10H30N2O5Si4.C10H28N2O5Si4.2C4H9.C2H10O2Si2.2Y/c2*1-13-20(9-5-7-11)15-18(3)19(4)16-21(14-2,17-20)10-6-8-12;2*1-3-4-2;1-5(3)6(2)4;;/h18-19H,5-12H2,1-4H3;11-12,18-19H,5-10H2,1-4H3;2*1,3-4H2,2H3;3-6H,1-2H3;;/q;-2;2*-1;;;. The first-order valence-electron chi connectivity index (χ1n) is 20.4. The van der Waals surface area contributed by atoms with E-state index in [9.17, 15) is 0 Å². The first-order chi connectivity index (χ1) is 26.4. The Kier molecular flexibility index (Phi) is 51.4. The van der Waals surface area contributed by atoms with Crippen molar-refractivity contribution >= 4 is 86.6 Å². The smallest absolute Gasteiger partial charge is 0.482 e. The molecule has 8 N–H and O–H groups in total. The minimum atomic E-state index is -2.81. The molecule has 0 aliphatic carbocycles. The average molecular weight is 1150 g/mol. The molecule has 0 aromatic rings. The van der Waals surface area contributed by atoms with E-state index in [1.165, 1.54) is 12.8 Å². The Balaban J connectivity index is -0.000000237. The van der Waals surface area contributed by atoms with Crippen molar-refractivity contribution in [3.63, 3.8) is 0 Å². The van der Waals surface area contributed by atoms with Gasteiger partial charge in [-0.2, -0.15) is 25.9 Å². The van der Waals surface area contributed by atoms with E-state index >= 15 is 0 Å². The second-order valence-corrected chi connectivity index (χ2v) is 53.9. The Hall–Kier alpha value is 3.74. The van der Waals surface area contributed by atoms with Gasteiger partial charge in [0.1, 0.15) is 0 Å². The number of nitrogens with one attached hydrogen (secondary N) is 2. The van der Waals surface area contributed by atoms with E-state index in [0.717, 1.165) is 37.8 Å². The van der Waals surface area contributed by atoms with E-state index in [-0.39, 0.29) is 65.4 Å². The molecule has 0 spiro atoms. The second-order valence-electron chi connectivity index (χ2n) is 13.7. The van der Waals surface area contributed by atoms with E-state index in [2.05, 4.69) is 53.9 Å². The Labute approximate surface area is 419 Å². The summed E-state index contributed by atoms with van der Waals surface area (Å²) in [6, 6.07) is 2.74. The van der Waals surface area contributed by atoms with Gasteiger partial charge in [0.25, 0.3) is 0 Å². The van der Waals surface area contributed by atoms with Gasteiger partial charge in [0.15, 0.2) is 51.3 Å². The predicted molar refractivity (Wildman–Crippen MR) is 255 cm³/mol. The molecule has 28 heteroatoms. The zero-order valence-electron chi connectivity index (χ0n) is 38.5. The van der Waals surface area contributed by atoms with Crippen molar-refractivity contribution < 1.29 is 117 Å². The van der Waals surface area contributed by atoms with Crippen LogP contribution in [0, 0.1) is 13.8 Å². The van der Waals surface area contributed by atoms with Crippen molar-refractivity contribution in [2.75, 3.05) is 54.6 Å². The molecule has 0 aromatic heterocycles. The number of hydrogen-bond acceptors (Lipinski definition) is 14. The van der Waals surface area contributed by atoms with Crippen molar-refractivity contribution in [1.82, 2.24) is 0 Å². The van der Waals surface area contributed by atoms with Crippen LogP contribution in [0.15, 0.2) is 0 Å². The molecule has 0 aromatic carbocycles. The van der Waals surface area contributed by atoms with Crippen LogP contribution in [0.2, 0.25) is 63.5 Å². The molecule has 16 nitrogen and oxygen atoms in total. The third kappa shape index (κ3) is 30.8. The topological polar surface area (TPSA) is 232 Å². The molecule has 0 amide bonds. The van der Waals surface area contributed by atoms with Crippen LogP contribution < -0.4 is 11.5 Å². The van der Waals surface area contributed by atoms with E-state index in [1.807, 2.05) is 0 Å². The van der Waals surface area contributed by atoms with Crippen LogP contribution in [0.4, 0.5) is 0 Å². The number of nitrogens with two attached hydrogens (primary N) is 2. The van der Waals surface area contributed by atoms with Crippen molar-refractivity contribution in [2.24, 2.45) is 11.5 Å². The van der Waals surface area contributed by atoms with Gasteiger partial charge < -0.3 is 88.8 Å². The SMILES string of the molecule is CO[Si]1(CCCN)O[SiH](C)[SiH](C)O[Si](CCCN)(OC)O1.CO[Si]1(CCC[NH-])O[SiH](C)[SiH](C)O[Si](CCC[NH-])(OC)O1.C[SiH](O)[SiH](C)O.[CH2-]CCC.[CH2-]CCC.[Y].[Y]. The summed E-state index contributed by atoms with van der Waals surface area (Å²) in [5.41, 5.74) is 26.1. The third-order valence-corrected chi connectivity index (χ3v) is 52.8. The molecule has 348 valence electrons. The molecule has 2 aliphatic heterocycles. The Morgan fingerprint density at radius 3 is 0.897 bits per heavy atom. The molecule has 2 fully saturated rings. The number of hydrogen-bond donors (Lipinski definition) is 4. The first-order valence-corrected chi connectivity index (χ1v) is 45.9. The minimum absolute atomic E-state index is 0. The monoisotopic (exact) mass is 1150 g/mol. The Bertz CT molecular complexity index is 802. The van der Waals surface area contributed by atoms with Gasteiger partial charge in [-0.15, -0.1) is 0 Å². The van der Waals surface area contributed by atoms with Gasteiger partial charge in [0, 0.05) is 118 Å². The maximum Gasteiger partial charge on any atom is 0.482 e. The molecule has 2 heterocycles. The van der Waals surface area contributed by atoms with Crippen molar-refractivity contribution in [1.29, 1.82) is 0 Å². The summed E-state index contributed by atoms with van der Waals surface area (Å²) in [6.07, 6.45) is 7.60. The molecular formula is C30H86N4O12Si10Y2-4. The number of unbranched alkanes of at least 4 members (excludes halogenated alkanes) is 2. The fraction of sp³-hybridized carbons (Fsp3) is 0.933. The van der Waals surface area contributed by atoms with E-state index < -0.39 is 86.6 Å². The Morgan fingerprint density at radius 2 is 0.759 bits per heavy atom. The molecule has 2 saturated heterocycles. The summed E-state index contributed by atoms with van der Waals surface area (Å²) in [4.78, 5) is 17.2. The van der Waals surface area contributed by atoms with Crippen molar-refractivity contribution in [2.45, 2.75) is 129 Å². The summed E-state index contributed by atoms with van der Waals surface area (Å²) in [5.74, 6) is 0.